The van der Waals surface area contributed by atoms with Crippen LogP contribution < -0.4 is 5.32 Å². The van der Waals surface area contributed by atoms with Gasteiger partial charge in [0.25, 0.3) is 5.91 Å². The third kappa shape index (κ3) is 3.46. The molecule has 0 bridgehead atoms. The first-order chi connectivity index (χ1) is 9.76. The average Bonchev–Trinajstić information content (AvgIpc) is 2.52. The molecule has 1 fully saturated rings. The summed E-state index contributed by atoms with van der Waals surface area (Å²) in [7, 11) is 0. The van der Waals surface area contributed by atoms with Gasteiger partial charge in [-0.1, -0.05) is 6.92 Å². The highest BCUT2D eigenvalue weighted by Gasteiger charge is 2.26. The fourth-order valence-electron chi connectivity index (χ4n) is 2.16. The summed E-state index contributed by atoms with van der Waals surface area (Å²) >= 11 is 0. The minimum absolute atomic E-state index is 0.0709. The maximum Gasteiger partial charge on any atom is 0.257 e. The number of aromatic nitrogens is 1. The lowest BCUT2D eigenvalue weighted by atomic mass is 10.1. The summed E-state index contributed by atoms with van der Waals surface area (Å²) < 4.78 is 5.36. The standard InChI is InChI=1S/C14H21N3O3/c1-2-4-16-13-3-5-15-8-12(13)14(19)17-6-7-20-11(9-17)10-18/h3,5,8,11,18H,2,4,6-7,9-10H2,1H3,(H,15,16). The second kappa shape index (κ2) is 7.21. The van der Waals surface area contributed by atoms with E-state index in [0.29, 0.717) is 25.3 Å². The highest BCUT2D eigenvalue weighted by molar-refractivity contribution is 5.99. The Hall–Kier alpha value is -1.66. The van der Waals surface area contributed by atoms with Crippen molar-refractivity contribution >= 4 is 11.6 Å². The average molecular weight is 279 g/mol. The highest BCUT2D eigenvalue weighted by atomic mass is 16.5. The van der Waals surface area contributed by atoms with Crippen molar-refractivity contribution in [3.63, 3.8) is 0 Å². The normalized spacial score (nSPS) is 18.9. The Morgan fingerprint density at radius 3 is 3.25 bits per heavy atom. The first-order valence-corrected chi connectivity index (χ1v) is 6.96. The molecule has 1 atom stereocenters. The summed E-state index contributed by atoms with van der Waals surface area (Å²) in [5.41, 5.74) is 1.37. The summed E-state index contributed by atoms with van der Waals surface area (Å²) in [5.74, 6) is -0.0709. The molecule has 0 aliphatic carbocycles. The van der Waals surface area contributed by atoms with E-state index < -0.39 is 0 Å². The van der Waals surface area contributed by atoms with E-state index in [2.05, 4.69) is 17.2 Å². The second-order valence-electron chi connectivity index (χ2n) is 4.77. The number of carbonyl (C=O) groups excluding carboxylic acids is 1. The zero-order chi connectivity index (χ0) is 14.4. The number of aliphatic hydroxyl groups is 1. The van der Waals surface area contributed by atoms with Crippen molar-refractivity contribution in [1.82, 2.24) is 9.88 Å². The van der Waals surface area contributed by atoms with Crippen LogP contribution in [-0.4, -0.2) is 59.8 Å². The van der Waals surface area contributed by atoms with Gasteiger partial charge in [-0.2, -0.15) is 0 Å². The topological polar surface area (TPSA) is 74.7 Å². The lowest BCUT2D eigenvalue weighted by Crippen LogP contribution is -2.47. The van der Waals surface area contributed by atoms with Gasteiger partial charge in [-0.25, -0.2) is 0 Å². The third-order valence-electron chi connectivity index (χ3n) is 3.25. The number of nitrogens with zero attached hydrogens (tertiary/aromatic N) is 2. The van der Waals surface area contributed by atoms with Crippen LogP contribution in [0.4, 0.5) is 5.69 Å². The molecule has 0 aromatic carbocycles. The molecule has 0 spiro atoms. The Kier molecular flexibility index (Phi) is 5.31. The van der Waals surface area contributed by atoms with E-state index in [0.717, 1.165) is 18.7 Å². The molecular formula is C14H21N3O3. The number of rotatable bonds is 5. The number of morpholine rings is 1. The van der Waals surface area contributed by atoms with Crippen LogP contribution in [0.3, 0.4) is 0 Å². The molecule has 6 heteroatoms. The molecule has 1 aliphatic rings. The van der Waals surface area contributed by atoms with Crippen LogP contribution in [0.15, 0.2) is 18.5 Å². The maximum atomic E-state index is 12.6. The third-order valence-corrected chi connectivity index (χ3v) is 3.25. The fourth-order valence-corrected chi connectivity index (χ4v) is 2.16. The van der Waals surface area contributed by atoms with Crippen molar-refractivity contribution in [3.05, 3.63) is 24.0 Å². The van der Waals surface area contributed by atoms with Gasteiger partial charge in [0.1, 0.15) is 0 Å². The number of aliphatic hydroxyl groups excluding tert-OH is 1. The monoisotopic (exact) mass is 279 g/mol. The first kappa shape index (κ1) is 14.7. The molecular weight excluding hydrogens is 258 g/mol. The van der Waals surface area contributed by atoms with Crippen molar-refractivity contribution in [3.8, 4) is 0 Å². The van der Waals surface area contributed by atoms with Crippen LogP contribution >= 0.6 is 0 Å². The lowest BCUT2D eigenvalue weighted by molar-refractivity contribution is -0.0447. The molecule has 20 heavy (non-hydrogen) atoms. The van der Waals surface area contributed by atoms with E-state index in [4.69, 9.17) is 9.84 Å². The quantitative estimate of drug-likeness (QED) is 0.831. The number of hydrogen-bond donors (Lipinski definition) is 2. The van der Waals surface area contributed by atoms with Gasteiger partial charge in [0.2, 0.25) is 0 Å². The number of nitrogens with one attached hydrogen (secondary N) is 1. The molecule has 1 aromatic rings. The summed E-state index contributed by atoms with van der Waals surface area (Å²) in [5, 5.41) is 12.4. The summed E-state index contributed by atoms with van der Waals surface area (Å²) in [6, 6.07) is 1.81. The van der Waals surface area contributed by atoms with Gasteiger partial charge < -0.3 is 20.1 Å². The van der Waals surface area contributed by atoms with Crippen molar-refractivity contribution in [2.24, 2.45) is 0 Å². The molecule has 6 nitrogen and oxygen atoms in total. The van der Waals surface area contributed by atoms with E-state index >= 15 is 0 Å². The Bertz CT molecular complexity index is 453. The Labute approximate surface area is 118 Å². The summed E-state index contributed by atoms with van der Waals surface area (Å²) in [6.45, 7) is 4.22. The zero-order valence-corrected chi connectivity index (χ0v) is 11.7. The van der Waals surface area contributed by atoms with Gasteiger partial charge in [-0.15, -0.1) is 0 Å². The van der Waals surface area contributed by atoms with Gasteiger partial charge in [0, 0.05) is 32.0 Å². The number of pyridine rings is 1. The predicted molar refractivity (Wildman–Crippen MR) is 75.7 cm³/mol. The molecule has 0 radical (unpaired) electrons. The van der Waals surface area contributed by atoms with Crippen molar-refractivity contribution in [1.29, 1.82) is 0 Å². The van der Waals surface area contributed by atoms with Crippen LogP contribution in [0.1, 0.15) is 23.7 Å². The number of amides is 1. The van der Waals surface area contributed by atoms with Crippen LogP contribution in [0, 0.1) is 0 Å². The zero-order valence-electron chi connectivity index (χ0n) is 11.7. The van der Waals surface area contributed by atoms with Gasteiger partial charge in [0.15, 0.2) is 0 Å². The molecule has 1 amide bonds. The van der Waals surface area contributed by atoms with Crippen LogP contribution in [0.25, 0.3) is 0 Å². The van der Waals surface area contributed by atoms with Crippen LogP contribution in [0.5, 0.6) is 0 Å². The summed E-state index contributed by atoms with van der Waals surface area (Å²) in [6.07, 6.45) is 3.95. The molecule has 0 saturated carbocycles. The molecule has 1 saturated heterocycles. The van der Waals surface area contributed by atoms with Crippen molar-refractivity contribution in [2.75, 3.05) is 38.2 Å². The van der Waals surface area contributed by atoms with Crippen LogP contribution in [-0.2, 0) is 4.74 Å². The fraction of sp³-hybridized carbons (Fsp3) is 0.571. The highest BCUT2D eigenvalue weighted by Crippen LogP contribution is 2.17. The number of anilines is 1. The second-order valence-corrected chi connectivity index (χ2v) is 4.77. The van der Waals surface area contributed by atoms with E-state index in [-0.39, 0.29) is 18.6 Å². The van der Waals surface area contributed by atoms with E-state index in [1.54, 1.807) is 17.3 Å². The predicted octanol–water partition coefficient (Wildman–Crippen LogP) is 0.737. The van der Waals surface area contributed by atoms with E-state index in [9.17, 15) is 4.79 Å². The molecule has 2 rings (SSSR count). The maximum absolute atomic E-state index is 12.6. The van der Waals surface area contributed by atoms with Gasteiger partial charge in [-0.05, 0) is 12.5 Å². The first-order valence-electron chi connectivity index (χ1n) is 6.96. The lowest BCUT2D eigenvalue weighted by Gasteiger charge is -2.32. The molecule has 110 valence electrons. The smallest absolute Gasteiger partial charge is 0.257 e. The van der Waals surface area contributed by atoms with Crippen LogP contribution in [0.2, 0.25) is 0 Å². The molecule has 2 heterocycles. The SMILES string of the molecule is CCCNc1ccncc1C(=O)N1CCOC(CO)C1. The van der Waals surface area contributed by atoms with Gasteiger partial charge in [-0.3, -0.25) is 9.78 Å². The molecule has 2 N–H and O–H groups in total. The van der Waals surface area contributed by atoms with Gasteiger partial charge >= 0.3 is 0 Å². The van der Waals surface area contributed by atoms with Crippen molar-refractivity contribution < 1.29 is 14.6 Å². The van der Waals surface area contributed by atoms with E-state index in [1.807, 2.05) is 6.07 Å². The Morgan fingerprint density at radius 1 is 1.65 bits per heavy atom. The molecule has 1 aliphatic heterocycles. The Balaban J connectivity index is 2.11. The minimum Gasteiger partial charge on any atom is -0.394 e. The molecule has 1 aromatic heterocycles. The number of ether oxygens (including phenoxy) is 1. The summed E-state index contributed by atoms with van der Waals surface area (Å²) in [4.78, 5) is 18.3. The number of hydrogen-bond acceptors (Lipinski definition) is 5. The van der Waals surface area contributed by atoms with Gasteiger partial charge in [0.05, 0.1) is 30.6 Å². The van der Waals surface area contributed by atoms with Crippen molar-refractivity contribution in [2.45, 2.75) is 19.4 Å². The number of carbonyl (C=O) groups is 1. The minimum atomic E-state index is -0.295. The Morgan fingerprint density at radius 2 is 2.50 bits per heavy atom. The molecule has 1 unspecified atom stereocenters. The largest absolute Gasteiger partial charge is 0.394 e. The van der Waals surface area contributed by atoms with E-state index in [1.165, 1.54) is 0 Å².